The number of hydrogen-bond acceptors (Lipinski definition) is 7. The van der Waals surface area contributed by atoms with Crippen LogP contribution >= 0.6 is 0 Å². The number of phenolic OH excluding ortho intramolecular Hbond substituents is 1. The molecular formula is C23H22N4O3. The number of benzene rings is 2. The summed E-state index contributed by atoms with van der Waals surface area (Å²) in [7, 11) is 0. The monoisotopic (exact) mass is 402 g/mol. The van der Waals surface area contributed by atoms with Crippen molar-refractivity contribution in [2.24, 2.45) is 0 Å². The van der Waals surface area contributed by atoms with Gasteiger partial charge in [-0.2, -0.15) is 4.98 Å². The number of aryl methyl sites for hydroxylation is 1. The van der Waals surface area contributed by atoms with Gasteiger partial charge in [-0.25, -0.2) is 9.97 Å². The molecule has 30 heavy (non-hydrogen) atoms. The van der Waals surface area contributed by atoms with Crippen LogP contribution in [0.25, 0.3) is 11.6 Å². The van der Waals surface area contributed by atoms with Gasteiger partial charge in [0.2, 0.25) is 17.5 Å². The number of ether oxygens (including phenoxy) is 1. The van der Waals surface area contributed by atoms with Crippen molar-refractivity contribution in [3.63, 3.8) is 0 Å². The third kappa shape index (κ3) is 4.15. The largest absolute Gasteiger partial charge is 0.508 e. The molecule has 7 nitrogen and oxygen atoms in total. The Kier molecular flexibility index (Phi) is 5.18. The summed E-state index contributed by atoms with van der Waals surface area (Å²) in [5, 5.41) is 13.4. The zero-order valence-corrected chi connectivity index (χ0v) is 17.0. The Balaban J connectivity index is 1.45. The van der Waals surface area contributed by atoms with Gasteiger partial charge in [-0.15, -0.1) is 0 Å². The highest BCUT2D eigenvalue weighted by atomic mass is 16.5. The fourth-order valence-corrected chi connectivity index (χ4v) is 3.14. The molecule has 0 fully saturated rings. The molecule has 0 aliphatic heterocycles. The fraction of sp³-hybridized carbons (Fsp3) is 0.217. The Bertz CT molecular complexity index is 1140. The predicted molar refractivity (Wildman–Crippen MR) is 111 cm³/mol. The summed E-state index contributed by atoms with van der Waals surface area (Å²) < 4.78 is 10.9. The lowest BCUT2D eigenvalue weighted by Gasteiger charge is -2.26. The van der Waals surface area contributed by atoms with Crippen molar-refractivity contribution >= 4 is 0 Å². The molecule has 4 aromatic rings. The number of rotatable bonds is 6. The SMILES string of the molecule is Cc1nc(-c2nccc(COc3ccc(C(C)(C)c4ccc(O)cc4)cc3)n2)no1. The molecule has 0 radical (unpaired) electrons. The molecular weight excluding hydrogens is 380 g/mol. The van der Waals surface area contributed by atoms with E-state index in [1.807, 2.05) is 24.3 Å². The first-order valence-corrected chi connectivity index (χ1v) is 9.57. The molecule has 2 heterocycles. The number of aromatic hydroxyl groups is 1. The maximum atomic E-state index is 9.53. The lowest BCUT2D eigenvalue weighted by atomic mass is 9.78. The molecule has 0 saturated carbocycles. The first-order chi connectivity index (χ1) is 14.4. The van der Waals surface area contributed by atoms with Crippen molar-refractivity contribution in [1.82, 2.24) is 20.1 Å². The van der Waals surface area contributed by atoms with Crippen LogP contribution in [-0.2, 0) is 12.0 Å². The van der Waals surface area contributed by atoms with Crippen LogP contribution < -0.4 is 4.74 Å². The van der Waals surface area contributed by atoms with Crippen LogP contribution in [0.5, 0.6) is 11.5 Å². The van der Waals surface area contributed by atoms with Crippen LogP contribution in [0.1, 0.15) is 36.6 Å². The lowest BCUT2D eigenvalue weighted by Crippen LogP contribution is -2.18. The van der Waals surface area contributed by atoms with Crippen molar-refractivity contribution in [3.8, 4) is 23.1 Å². The summed E-state index contributed by atoms with van der Waals surface area (Å²) >= 11 is 0. The van der Waals surface area contributed by atoms with E-state index in [0.717, 1.165) is 22.6 Å². The standard InChI is InChI=1S/C23H22N4O3/c1-15-25-22(27-30-15)21-24-13-12-18(26-21)14-29-20-10-6-17(7-11-20)23(2,3)16-4-8-19(28)9-5-16/h4-13,28H,14H2,1-3H3. The first kappa shape index (κ1) is 19.6. The van der Waals surface area contributed by atoms with Crippen LogP contribution in [0, 0.1) is 6.92 Å². The average Bonchev–Trinajstić information content (AvgIpc) is 3.19. The second-order valence-electron chi connectivity index (χ2n) is 7.49. The molecule has 7 heteroatoms. The number of hydrogen-bond donors (Lipinski definition) is 1. The molecule has 0 atom stereocenters. The van der Waals surface area contributed by atoms with Gasteiger partial charge in [-0.1, -0.05) is 43.3 Å². The number of nitrogens with zero attached hydrogens (tertiary/aromatic N) is 4. The van der Waals surface area contributed by atoms with E-state index < -0.39 is 0 Å². The summed E-state index contributed by atoms with van der Waals surface area (Å²) in [6, 6.07) is 17.1. The molecule has 0 bridgehead atoms. The van der Waals surface area contributed by atoms with E-state index in [2.05, 4.69) is 46.1 Å². The third-order valence-electron chi connectivity index (χ3n) is 4.99. The van der Waals surface area contributed by atoms with E-state index in [4.69, 9.17) is 9.26 Å². The summed E-state index contributed by atoms with van der Waals surface area (Å²) in [6.07, 6.45) is 1.65. The maximum Gasteiger partial charge on any atom is 0.240 e. The Morgan fingerprint density at radius 1 is 0.900 bits per heavy atom. The molecule has 0 spiro atoms. The van der Waals surface area contributed by atoms with Crippen molar-refractivity contribution < 1.29 is 14.4 Å². The van der Waals surface area contributed by atoms with E-state index in [1.165, 1.54) is 0 Å². The third-order valence-corrected chi connectivity index (χ3v) is 4.99. The van der Waals surface area contributed by atoms with Gasteiger partial charge in [-0.3, -0.25) is 0 Å². The van der Waals surface area contributed by atoms with Gasteiger partial charge >= 0.3 is 0 Å². The van der Waals surface area contributed by atoms with Gasteiger partial charge in [0.1, 0.15) is 18.1 Å². The summed E-state index contributed by atoms with van der Waals surface area (Å²) in [5.74, 6) is 2.23. The molecule has 2 aromatic carbocycles. The van der Waals surface area contributed by atoms with Crippen LogP contribution in [0.15, 0.2) is 65.3 Å². The van der Waals surface area contributed by atoms with Crippen molar-refractivity contribution in [1.29, 1.82) is 0 Å². The Morgan fingerprint density at radius 3 is 2.20 bits per heavy atom. The molecule has 0 amide bonds. The Morgan fingerprint density at radius 2 is 1.57 bits per heavy atom. The zero-order chi connectivity index (χ0) is 21.1. The molecule has 0 aliphatic rings. The van der Waals surface area contributed by atoms with E-state index in [9.17, 15) is 5.11 Å². The van der Waals surface area contributed by atoms with E-state index in [-0.39, 0.29) is 11.2 Å². The van der Waals surface area contributed by atoms with Crippen LogP contribution in [-0.4, -0.2) is 25.2 Å². The van der Waals surface area contributed by atoms with Crippen LogP contribution in [0.2, 0.25) is 0 Å². The Labute approximate surface area is 174 Å². The zero-order valence-electron chi connectivity index (χ0n) is 17.0. The second-order valence-corrected chi connectivity index (χ2v) is 7.49. The summed E-state index contributed by atoms with van der Waals surface area (Å²) in [4.78, 5) is 12.8. The quantitative estimate of drug-likeness (QED) is 0.509. The van der Waals surface area contributed by atoms with Gasteiger partial charge in [0.05, 0.1) is 5.69 Å². The topological polar surface area (TPSA) is 94.2 Å². The number of phenols is 1. The van der Waals surface area contributed by atoms with E-state index >= 15 is 0 Å². The minimum Gasteiger partial charge on any atom is -0.508 e. The highest BCUT2D eigenvalue weighted by Gasteiger charge is 2.23. The van der Waals surface area contributed by atoms with Crippen molar-refractivity contribution in [2.75, 3.05) is 0 Å². The minimum atomic E-state index is -0.198. The average molecular weight is 402 g/mol. The fourth-order valence-electron chi connectivity index (χ4n) is 3.14. The smallest absolute Gasteiger partial charge is 0.240 e. The van der Waals surface area contributed by atoms with Crippen LogP contribution in [0.4, 0.5) is 0 Å². The molecule has 0 aliphatic carbocycles. The van der Waals surface area contributed by atoms with Gasteiger partial charge in [0, 0.05) is 18.5 Å². The summed E-state index contributed by atoms with van der Waals surface area (Å²) in [5.41, 5.74) is 2.80. The molecule has 4 rings (SSSR count). The predicted octanol–water partition coefficient (Wildman–Crippen LogP) is 4.45. The lowest BCUT2D eigenvalue weighted by molar-refractivity contribution is 0.301. The normalized spacial score (nSPS) is 11.4. The molecule has 0 unspecified atom stereocenters. The van der Waals surface area contributed by atoms with Crippen molar-refractivity contribution in [2.45, 2.75) is 32.8 Å². The highest BCUT2D eigenvalue weighted by Crippen LogP contribution is 2.33. The van der Waals surface area contributed by atoms with Gasteiger partial charge in [0.15, 0.2) is 0 Å². The second kappa shape index (κ2) is 7.94. The van der Waals surface area contributed by atoms with E-state index in [0.29, 0.717) is 24.1 Å². The molecule has 2 aromatic heterocycles. The molecule has 0 saturated heterocycles. The minimum absolute atomic E-state index is 0.198. The maximum absolute atomic E-state index is 9.53. The van der Waals surface area contributed by atoms with Gasteiger partial charge in [0.25, 0.3) is 0 Å². The summed E-state index contributed by atoms with van der Waals surface area (Å²) in [6.45, 7) is 6.32. The van der Waals surface area contributed by atoms with Crippen molar-refractivity contribution in [3.05, 3.63) is 83.5 Å². The molecule has 152 valence electrons. The first-order valence-electron chi connectivity index (χ1n) is 9.57. The van der Waals surface area contributed by atoms with Gasteiger partial charge < -0.3 is 14.4 Å². The highest BCUT2D eigenvalue weighted by molar-refractivity contribution is 5.42. The Hall–Kier alpha value is -3.74. The van der Waals surface area contributed by atoms with Gasteiger partial charge in [-0.05, 0) is 41.5 Å². The van der Waals surface area contributed by atoms with E-state index in [1.54, 1.807) is 31.3 Å². The number of aromatic nitrogens is 4. The van der Waals surface area contributed by atoms with Crippen LogP contribution in [0.3, 0.4) is 0 Å². The molecule has 1 N–H and O–H groups in total.